The Morgan fingerprint density at radius 2 is 2.23 bits per heavy atom. The number of carbonyl (C=O) groups is 2. The second-order valence-electron chi connectivity index (χ2n) is 7.60. The molecular weight excluding hydrogens is 414 g/mol. The Labute approximate surface area is 185 Å². The van der Waals surface area contributed by atoms with Crippen LogP contribution < -0.4 is 9.47 Å². The predicted molar refractivity (Wildman–Crippen MR) is 116 cm³/mol. The SMILES string of the molecule is CCOc1cccc2c1OC[C@@H]1CN(CCC#N)C(=O)CCN(C(=O)c3cccs3)[C@H]21. The third kappa shape index (κ3) is 4.23. The van der Waals surface area contributed by atoms with Gasteiger partial charge in [0.05, 0.1) is 36.6 Å². The fourth-order valence-electron chi connectivity index (χ4n) is 4.37. The highest BCUT2D eigenvalue weighted by atomic mass is 32.1. The van der Waals surface area contributed by atoms with E-state index < -0.39 is 0 Å². The van der Waals surface area contributed by atoms with E-state index in [-0.39, 0.29) is 36.6 Å². The van der Waals surface area contributed by atoms with Gasteiger partial charge in [-0.2, -0.15) is 5.26 Å². The van der Waals surface area contributed by atoms with Crippen molar-refractivity contribution < 1.29 is 19.1 Å². The minimum atomic E-state index is -0.239. The number of benzene rings is 1. The molecule has 0 saturated carbocycles. The number of carbonyl (C=O) groups excluding carboxylic acids is 2. The second kappa shape index (κ2) is 9.40. The van der Waals surface area contributed by atoms with Crippen LogP contribution in [0.25, 0.3) is 0 Å². The van der Waals surface area contributed by atoms with Crippen molar-refractivity contribution in [2.75, 3.05) is 32.8 Å². The molecule has 1 aromatic carbocycles. The van der Waals surface area contributed by atoms with Crippen LogP contribution in [0.3, 0.4) is 0 Å². The van der Waals surface area contributed by atoms with Crippen molar-refractivity contribution in [2.24, 2.45) is 5.92 Å². The van der Waals surface area contributed by atoms with E-state index in [1.54, 1.807) is 4.90 Å². The first kappa shape index (κ1) is 21.2. The van der Waals surface area contributed by atoms with Crippen molar-refractivity contribution in [1.82, 2.24) is 9.80 Å². The molecule has 2 aliphatic rings. The van der Waals surface area contributed by atoms with E-state index in [0.29, 0.717) is 49.2 Å². The summed E-state index contributed by atoms with van der Waals surface area (Å²) in [6, 6.07) is 11.3. The van der Waals surface area contributed by atoms with Gasteiger partial charge >= 0.3 is 0 Å². The highest BCUT2D eigenvalue weighted by Gasteiger charge is 2.42. The van der Waals surface area contributed by atoms with E-state index in [4.69, 9.17) is 14.7 Å². The molecule has 1 aromatic heterocycles. The summed E-state index contributed by atoms with van der Waals surface area (Å²) >= 11 is 1.40. The second-order valence-corrected chi connectivity index (χ2v) is 8.54. The number of fused-ring (bicyclic) bond motifs is 3. The van der Waals surface area contributed by atoms with Crippen LogP contribution in [0.2, 0.25) is 0 Å². The van der Waals surface area contributed by atoms with E-state index in [9.17, 15) is 9.59 Å². The Balaban J connectivity index is 1.75. The summed E-state index contributed by atoms with van der Waals surface area (Å²) in [5.74, 6) is 1.13. The van der Waals surface area contributed by atoms with Crippen LogP contribution in [-0.2, 0) is 4.79 Å². The minimum Gasteiger partial charge on any atom is -0.490 e. The zero-order chi connectivity index (χ0) is 21.8. The first-order valence-electron chi connectivity index (χ1n) is 10.5. The fraction of sp³-hybridized carbons (Fsp3) is 0.435. The minimum absolute atomic E-state index is 0.0356. The molecule has 2 aliphatic heterocycles. The molecule has 31 heavy (non-hydrogen) atoms. The maximum atomic E-state index is 13.5. The molecule has 3 heterocycles. The van der Waals surface area contributed by atoms with Gasteiger partial charge in [-0.3, -0.25) is 9.59 Å². The van der Waals surface area contributed by atoms with Gasteiger partial charge in [0.2, 0.25) is 5.91 Å². The van der Waals surface area contributed by atoms with Crippen LogP contribution >= 0.6 is 11.3 Å². The number of nitrogens with zero attached hydrogens (tertiary/aromatic N) is 3. The first-order valence-corrected chi connectivity index (χ1v) is 11.4. The van der Waals surface area contributed by atoms with Gasteiger partial charge in [0, 0.05) is 37.5 Å². The number of nitriles is 1. The van der Waals surface area contributed by atoms with Gasteiger partial charge in [-0.05, 0) is 24.4 Å². The monoisotopic (exact) mass is 439 g/mol. The van der Waals surface area contributed by atoms with Gasteiger partial charge in [-0.15, -0.1) is 11.3 Å². The van der Waals surface area contributed by atoms with Crippen LogP contribution in [0.4, 0.5) is 0 Å². The van der Waals surface area contributed by atoms with Gasteiger partial charge in [0.15, 0.2) is 11.5 Å². The number of thiophene rings is 1. The quantitative estimate of drug-likeness (QED) is 0.712. The van der Waals surface area contributed by atoms with E-state index in [2.05, 4.69) is 6.07 Å². The Kier molecular flexibility index (Phi) is 6.42. The van der Waals surface area contributed by atoms with Crippen molar-refractivity contribution in [3.05, 3.63) is 46.2 Å². The lowest BCUT2D eigenvalue weighted by atomic mass is 9.87. The smallest absolute Gasteiger partial charge is 0.264 e. The summed E-state index contributed by atoms with van der Waals surface area (Å²) in [6.07, 6.45) is 0.514. The largest absolute Gasteiger partial charge is 0.490 e. The van der Waals surface area contributed by atoms with Crippen molar-refractivity contribution >= 4 is 23.2 Å². The molecule has 0 bridgehead atoms. The van der Waals surface area contributed by atoms with Gasteiger partial charge in [-0.1, -0.05) is 18.2 Å². The molecule has 7 nitrogen and oxygen atoms in total. The van der Waals surface area contributed by atoms with Crippen molar-refractivity contribution in [3.63, 3.8) is 0 Å². The summed E-state index contributed by atoms with van der Waals surface area (Å²) in [7, 11) is 0. The summed E-state index contributed by atoms with van der Waals surface area (Å²) < 4.78 is 11.9. The maximum absolute atomic E-state index is 13.5. The van der Waals surface area contributed by atoms with Gasteiger partial charge < -0.3 is 19.3 Å². The average molecular weight is 440 g/mol. The highest BCUT2D eigenvalue weighted by Crippen LogP contribution is 2.45. The zero-order valence-electron chi connectivity index (χ0n) is 17.5. The standard InChI is InChI=1S/C23H25N3O4S/c1-2-29-18-7-3-6-17-21-16(15-30-22(17)18)14-25(11-5-10-24)20(27)9-12-26(21)23(28)19-8-4-13-31-19/h3-4,6-8,13,16,21H,2,5,9,11-12,14-15H2,1H3/t16-,21-/m0/s1. The molecule has 2 aromatic rings. The van der Waals surface area contributed by atoms with Gasteiger partial charge in [-0.25, -0.2) is 0 Å². The molecule has 1 saturated heterocycles. The van der Waals surface area contributed by atoms with Gasteiger partial charge in [0.25, 0.3) is 5.91 Å². The predicted octanol–water partition coefficient (Wildman–Crippen LogP) is 3.48. The number of rotatable bonds is 5. The van der Waals surface area contributed by atoms with E-state index in [1.807, 2.05) is 47.5 Å². The van der Waals surface area contributed by atoms with Crippen LogP contribution in [0.15, 0.2) is 35.7 Å². The topological polar surface area (TPSA) is 82.9 Å². The molecule has 162 valence electrons. The summed E-state index contributed by atoms with van der Waals surface area (Å²) in [5.41, 5.74) is 0.904. The Morgan fingerprint density at radius 3 is 2.97 bits per heavy atom. The third-order valence-electron chi connectivity index (χ3n) is 5.71. The molecule has 8 heteroatoms. The van der Waals surface area contributed by atoms with Crippen LogP contribution in [0.1, 0.15) is 41.0 Å². The lowest BCUT2D eigenvalue weighted by Crippen LogP contribution is -2.51. The molecule has 0 spiro atoms. The average Bonchev–Trinajstić information content (AvgIpc) is 3.31. The number of hydrogen-bond acceptors (Lipinski definition) is 6. The lowest BCUT2D eigenvalue weighted by Gasteiger charge is -2.44. The van der Waals surface area contributed by atoms with E-state index in [1.165, 1.54) is 11.3 Å². The van der Waals surface area contributed by atoms with Crippen molar-refractivity contribution in [1.29, 1.82) is 5.26 Å². The van der Waals surface area contributed by atoms with Gasteiger partial charge in [0.1, 0.15) is 0 Å². The molecule has 4 rings (SSSR count). The van der Waals surface area contributed by atoms with E-state index in [0.717, 1.165) is 5.56 Å². The van der Waals surface area contributed by atoms with Crippen LogP contribution in [0, 0.1) is 17.2 Å². The summed E-state index contributed by atoms with van der Waals surface area (Å²) in [5, 5.41) is 10.9. The molecule has 0 radical (unpaired) electrons. The lowest BCUT2D eigenvalue weighted by molar-refractivity contribution is -0.134. The molecular formula is C23H25N3O4S. The van der Waals surface area contributed by atoms with Crippen molar-refractivity contribution in [3.8, 4) is 17.6 Å². The Hall–Kier alpha value is -3.05. The summed E-state index contributed by atoms with van der Waals surface area (Å²) in [4.78, 5) is 30.5. The third-order valence-corrected chi connectivity index (χ3v) is 6.57. The maximum Gasteiger partial charge on any atom is 0.264 e. The number of hydrogen-bond donors (Lipinski definition) is 0. The Morgan fingerprint density at radius 1 is 1.35 bits per heavy atom. The van der Waals surface area contributed by atoms with E-state index >= 15 is 0 Å². The molecule has 1 fully saturated rings. The normalized spacial score (nSPS) is 20.6. The number of amides is 2. The molecule has 0 unspecified atom stereocenters. The van der Waals surface area contributed by atoms with Crippen LogP contribution in [-0.4, -0.2) is 54.5 Å². The summed E-state index contributed by atoms with van der Waals surface area (Å²) in [6.45, 7) is 3.96. The molecule has 2 atom stereocenters. The molecule has 0 aliphatic carbocycles. The molecule has 0 N–H and O–H groups in total. The fourth-order valence-corrected chi connectivity index (χ4v) is 5.05. The Bertz CT molecular complexity index is 985. The zero-order valence-corrected chi connectivity index (χ0v) is 18.3. The number of ether oxygens (including phenoxy) is 2. The first-order chi connectivity index (χ1) is 15.1. The number of para-hydroxylation sites is 1. The van der Waals surface area contributed by atoms with Crippen LogP contribution in [0.5, 0.6) is 11.5 Å². The molecule has 2 amide bonds. The highest BCUT2D eigenvalue weighted by molar-refractivity contribution is 7.12. The van der Waals surface area contributed by atoms with Crippen molar-refractivity contribution in [2.45, 2.75) is 25.8 Å².